The lowest BCUT2D eigenvalue weighted by atomic mass is 10.1. The van der Waals surface area contributed by atoms with E-state index in [0.29, 0.717) is 30.0 Å². The summed E-state index contributed by atoms with van der Waals surface area (Å²) in [5, 5.41) is 11.4. The molecule has 0 unspecified atom stereocenters. The summed E-state index contributed by atoms with van der Waals surface area (Å²) in [5.74, 6) is 1.10. The highest BCUT2D eigenvalue weighted by molar-refractivity contribution is 6.00. The third-order valence-corrected chi connectivity index (χ3v) is 3.30. The summed E-state index contributed by atoms with van der Waals surface area (Å²) in [6, 6.07) is 12.8. The van der Waals surface area contributed by atoms with Crippen molar-refractivity contribution in [3.63, 3.8) is 0 Å². The van der Waals surface area contributed by atoms with Crippen LogP contribution >= 0.6 is 0 Å². The van der Waals surface area contributed by atoms with Gasteiger partial charge in [0.1, 0.15) is 5.75 Å². The molecule has 0 saturated carbocycles. The molecule has 5 heteroatoms. The number of fused-ring (bicyclic) bond motifs is 1. The molecular formula is C16H13N3O2. The molecule has 0 saturated heterocycles. The first-order valence-electron chi connectivity index (χ1n) is 6.51. The molecule has 3 rings (SSSR count). The monoisotopic (exact) mass is 279 g/mol. The van der Waals surface area contributed by atoms with Crippen molar-refractivity contribution in [3.05, 3.63) is 47.5 Å². The number of benzene rings is 2. The van der Waals surface area contributed by atoms with Crippen LogP contribution in [-0.2, 0) is 17.6 Å². The van der Waals surface area contributed by atoms with Crippen molar-refractivity contribution >= 4 is 17.3 Å². The highest BCUT2D eigenvalue weighted by Gasteiger charge is 2.20. The van der Waals surface area contributed by atoms with E-state index in [1.807, 2.05) is 12.1 Å². The van der Waals surface area contributed by atoms with Crippen molar-refractivity contribution < 1.29 is 9.53 Å². The summed E-state index contributed by atoms with van der Waals surface area (Å²) in [6.07, 6.45) is 0.718. The van der Waals surface area contributed by atoms with Crippen molar-refractivity contribution in [2.45, 2.75) is 12.8 Å². The number of carbonyl (C=O) groups excluding carboxylic acids is 1. The fourth-order valence-corrected chi connectivity index (χ4v) is 2.26. The molecule has 0 aromatic heterocycles. The average Bonchev–Trinajstić information content (AvgIpc) is 2.81. The predicted octanol–water partition coefficient (Wildman–Crippen LogP) is 2.62. The normalized spacial score (nSPS) is 12.4. The molecular weight excluding hydrogens is 266 g/mol. The zero-order valence-electron chi connectivity index (χ0n) is 11.2. The summed E-state index contributed by atoms with van der Waals surface area (Å²) in [4.78, 5) is 11.4. The van der Waals surface area contributed by atoms with Crippen LogP contribution in [0.1, 0.15) is 11.1 Å². The number of nitrogens with one attached hydrogen (secondary N) is 1. The molecule has 1 aliphatic heterocycles. The molecule has 2 aromatic rings. The lowest BCUT2D eigenvalue weighted by molar-refractivity contribution is -0.115. The molecule has 0 spiro atoms. The summed E-state index contributed by atoms with van der Waals surface area (Å²) >= 11 is 0. The lowest BCUT2D eigenvalue weighted by Crippen LogP contribution is -2.03. The Balaban J connectivity index is 1.84. The first-order valence-corrected chi connectivity index (χ1v) is 6.51. The maximum Gasteiger partial charge on any atom is 0.228 e. The number of amides is 1. The molecule has 3 N–H and O–H groups in total. The standard InChI is InChI=1S/C16H13N3O2/c17-6-5-10-1-3-12(4-2-10)21-15-9-14-11(7-13(15)18)8-16(20)19-14/h1-4,7,9H,5,8,18H2,(H,19,20). The van der Waals surface area contributed by atoms with Crippen molar-refractivity contribution in [3.8, 4) is 17.6 Å². The van der Waals surface area contributed by atoms with Gasteiger partial charge in [0.05, 0.1) is 24.6 Å². The van der Waals surface area contributed by atoms with Crippen LogP contribution in [-0.4, -0.2) is 5.91 Å². The van der Waals surface area contributed by atoms with E-state index in [1.165, 1.54) is 0 Å². The molecule has 0 fully saturated rings. The van der Waals surface area contributed by atoms with Gasteiger partial charge in [-0.05, 0) is 29.3 Å². The van der Waals surface area contributed by atoms with E-state index in [-0.39, 0.29) is 5.91 Å². The van der Waals surface area contributed by atoms with Crippen LogP contribution in [0.15, 0.2) is 36.4 Å². The van der Waals surface area contributed by atoms with Crippen molar-refractivity contribution in [2.24, 2.45) is 0 Å². The largest absolute Gasteiger partial charge is 0.455 e. The zero-order chi connectivity index (χ0) is 14.8. The van der Waals surface area contributed by atoms with Crippen molar-refractivity contribution in [2.75, 3.05) is 11.1 Å². The van der Waals surface area contributed by atoms with Crippen LogP contribution in [0, 0.1) is 11.3 Å². The maximum atomic E-state index is 11.4. The van der Waals surface area contributed by atoms with E-state index < -0.39 is 0 Å². The minimum Gasteiger partial charge on any atom is -0.455 e. The summed E-state index contributed by atoms with van der Waals surface area (Å²) in [6.45, 7) is 0. The number of carbonyl (C=O) groups is 1. The topological polar surface area (TPSA) is 88.1 Å². The van der Waals surface area contributed by atoms with Crippen molar-refractivity contribution in [1.29, 1.82) is 5.26 Å². The molecule has 2 aromatic carbocycles. The van der Waals surface area contributed by atoms with Gasteiger partial charge in [0.2, 0.25) is 5.91 Å². The molecule has 0 bridgehead atoms. The Bertz CT molecular complexity index is 745. The Morgan fingerprint density at radius 1 is 1.29 bits per heavy atom. The number of anilines is 2. The van der Waals surface area contributed by atoms with Gasteiger partial charge in [-0.25, -0.2) is 0 Å². The molecule has 5 nitrogen and oxygen atoms in total. The third-order valence-electron chi connectivity index (χ3n) is 3.30. The molecule has 1 aliphatic rings. The van der Waals surface area contributed by atoms with E-state index >= 15 is 0 Å². The number of hydrogen-bond donors (Lipinski definition) is 2. The second-order valence-electron chi connectivity index (χ2n) is 4.85. The number of rotatable bonds is 3. The lowest BCUT2D eigenvalue weighted by Gasteiger charge is -2.10. The van der Waals surface area contributed by atoms with Crippen LogP contribution < -0.4 is 15.8 Å². The number of nitrogens with two attached hydrogens (primary N) is 1. The molecule has 1 amide bonds. The molecule has 104 valence electrons. The van der Waals surface area contributed by atoms with E-state index in [0.717, 1.165) is 16.8 Å². The molecule has 0 aliphatic carbocycles. The minimum absolute atomic E-state index is 0.0394. The van der Waals surface area contributed by atoms with Crippen molar-refractivity contribution in [1.82, 2.24) is 0 Å². The van der Waals surface area contributed by atoms with Crippen LogP contribution in [0.3, 0.4) is 0 Å². The number of hydrogen-bond acceptors (Lipinski definition) is 4. The van der Waals surface area contributed by atoms with Crippen LogP contribution in [0.4, 0.5) is 11.4 Å². The summed E-state index contributed by atoms with van der Waals surface area (Å²) < 4.78 is 5.74. The van der Waals surface area contributed by atoms with E-state index in [4.69, 9.17) is 15.7 Å². The number of nitrogen functional groups attached to an aromatic ring is 1. The SMILES string of the molecule is N#CCc1ccc(Oc2cc3c(cc2N)CC(=O)N3)cc1. The number of ether oxygens (including phenoxy) is 1. The Labute approximate surface area is 121 Å². The smallest absolute Gasteiger partial charge is 0.228 e. The fourth-order valence-electron chi connectivity index (χ4n) is 2.26. The molecule has 1 heterocycles. The van der Waals surface area contributed by atoms with Gasteiger partial charge in [-0.3, -0.25) is 4.79 Å². The first-order chi connectivity index (χ1) is 10.2. The van der Waals surface area contributed by atoms with Gasteiger partial charge in [0.15, 0.2) is 5.75 Å². The van der Waals surface area contributed by atoms with Gasteiger partial charge in [-0.1, -0.05) is 12.1 Å². The van der Waals surface area contributed by atoms with E-state index in [9.17, 15) is 4.79 Å². The zero-order valence-corrected chi connectivity index (χ0v) is 11.2. The van der Waals surface area contributed by atoms with Gasteiger partial charge in [-0.15, -0.1) is 0 Å². The fraction of sp³-hybridized carbons (Fsp3) is 0.125. The van der Waals surface area contributed by atoms with Crippen LogP contribution in [0.2, 0.25) is 0 Å². The van der Waals surface area contributed by atoms with Gasteiger partial charge in [0, 0.05) is 11.8 Å². The Morgan fingerprint density at radius 2 is 2.05 bits per heavy atom. The first kappa shape index (κ1) is 13.0. The highest BCUT2D eigenvalue weighted by atomic mass is 16.5. The quantitative estimate of drug-likeness (QED) is 0.845. The summed E-state index contributed by atoms with van der Waals surface area (Å²) in [7, 11) is 0. The number of nitriles is 1. The van der Waals surface area contributed by atoms with Gasteiger partial charge in [0.25, 0.3) is 0 Å². The number of nitrogens with zero attached hydrogens (tertiary/aromatic N) is 1. The molecule has 21 heavy (non-hydrogen) atoms. The van der Waals surface area contributed by atoms with Crippen LogP contribution in [0.5, 0.6) is 11.5 Å². The maximum absolute atomic E-state index is 11.4. The van der Waals surface area contributed by atoms with Gasteiger partial charge in [-0.2, -0.15) is 5.26 Å². The average molecular weight is 279 g/mol. The Kier molecular flexibility index (Phi) is 3.20. The van der Waals surface area contributed by atoms with Gasteiger partial charge >= 0.3 is 0 Å². The van der Waals surface area contributed by atoms with E-state index in [1.54, 1.807) is 24.3 Å². The second kappa shape index (κ2) is 5.17. The summed E-state index contributed by atoms with van der Waals surface area (Å²) in [5.41, 5.74) is 9.00. The molecule has 0 radical (unpaired) electrons. The Morgan fingerprint density at radius 3 is 2.76 bits per heavy atom. The van der Waals surface area contributed by atoms with E-state index in [2.05, 4.69) is 11.4 Å². The van der Waals surface area contributed by atoms with Crippen LogP contribution in [0.25, 0.3) is 0 Å². The molecule has 0 atom stereocenters. The third kappa shape index (κ3) is 2.65. The van der Waals surface area contributed by atoms with Gasteiger partial charge < -0.3 is 15.8 Å². The minimum atomic E-state index is -0.0394. The Hall–Kier alpha value is -3.00. The second-order valence-corrected chi connectivity index (χ2v) is 4.85. The highest BCUT2D eigenvalue weighted by Crippen LogP contribution is 2.35. The predicted molar refractivity (Wildman–Crippen MR) is 79.0 cm³/mol.